The van der Waals surface area contributed by atoms with Gasteiger partial charge in [-0.2, -0.15) is 0 Å². The number of hydrogen-bond acceptors (Lipinski definition) is 10. The van der Waals surface area contributed by atoms with Crippen molar-refractivity contribution >= 4 is 52.5 Å². The molecule has 0 spiro atoms. The van der Waals surface area contributed by atoms with E-state index in [9.17, 15) is 24.0 Å². The minimum Gasteiger partial charge on any atom is -0.484 e. The third-order valence-electron chi connectivity index (χ3n) is 10.3. The number of nitrogens with zero attached hydrogens (tertiary/aromatic N) is 2. The number of fused-ring (bicyclic) bond motifs is 9. The number of aromatic amines is 1. The van der Waals surface area contributed by atoms with E-state index in [1.165, 1.54) is 16.2 Å². The number of anilines is 1. The number of esters is 1. The number of hydrogen-bond donors (Lipinski definition) is 1. The number of amides is 3. The van der Waals surface area contributed by atoms with Crippen molar-refractivity contribution in [1.29, 1.82) is 0 Å². The van der Waals surface area contributed by atoms with Gasteiger partial charge in [-0.3, -0.25) is 24.1 Å². The van der Waals surface area contributed by atoms with Crippen molar-refractivity contribution in [3.63, 3.8) is 0 Å². The highest BCUT2D eigenvalue weighted by Gasteiger charge is 2.69. The lowest BCUT2D eigenvalue weighted by Gasteiger charge is -2.43. The van der Waals surface area contributed by atoms with E-state index in [0.29, 0.717) is 43.3 Å². The topological polar surface area (TPSA) is 135 Å². The predicted molar refractivity (Wildman–Crippen MR) is 173 cm³/mol. The van der Waals surface area contributed by atoms with Crippen LogP contribution in [0, 0.1) is 29.6 Å². The van der Waals surface area contributed by atoms with Gasteiger partial charge in [0.2, 0.25) is 11.8 Å². The number of rotatable bonds is 7. The van der Waals surface area contributed by atoms with E-state index in [1.54, 1.807) is 47.9 Å². The number of morpholine rings is 1. The fourth-order valence-electron chi connectivity index (χ4n) is 8.45. The Balaban J connectivity index is 1.08. The standard InChI is InChI=1S/C34H33N3O8S2/c1-2-44-33(41)17-6-8-19(9-7-17)37-31(39)26-21-15-22(27(26)32(37)40)28-25(21)24(29-30(46-28)35-34(42)47-29)18-4-3-5-20(14-18)45-16-23(38)36-10-12-43-13-11-36/h3-9,14,21-22,24-28H,2,10-13,15-16H2,1H3,(H,35,42)/t21-,22-,24-,25?,26?,27?,28?/m1/s1. The Morgan fingerprint density at radius 2 is 1.74 bits per heavy atom. The van der Waals surface area contributed by atoms with Crippen LogP contribution in [0.2, 0.25) is 0 Å². The SMILES string of the molecule is CCOC(=O)c1ccc(N2C(=O)C3C(C2=O)[C@@H]2C[C@H]3C3Sc4[nH]c(=O)sc4[C@H](c4cccc(OCC(=O)N5CCOCC5)c4)C32)cc1. The zero-order chi connectivity index (χ0) is 32.4. The van der Waals surface area contributed by atoms with Crippen LogP contribution in [0.25, 0.3) is 0 Å². The van der Waals surface area contributed by atoms with E-state index >= 15 is 0 Å². The Labute approximate surface area is 278 Å². The largest absolute Gasteiger partial charge is 0.484 e. The van der Waals surface area contributed by atoms with Crippen LogP contribution >= 0.6 is 23.1 Å². The third kappa shape index (κ3) is 5.01. The lowest BCUT2D eigenvalue weighted by Crippen LogP contribution is -2.43. The average Bonchev–Trinajstić information content (AvgIpc) is 3.83. The van der Waals surface area contributed by atoms with E-state index in [-0.39, 0.29) is 64.7 Å². The summed E-state index contributed by atoms with van der Waals surface area (Å²) in [6, 6.07) is 14.1. The summed E-state index contributed by atoms with van der Waals surface area (Å²) in [5.41, 5.74) is 1.77. The molecule has 0 radical (unpaired) electrons. The van der Waals surface area contributed by atoms with Gasteiger partial charge in [0.25, 0.3) is 5.91 Å². The molecule has 2 bridgehead atoms. The summed E-state index contributed by atoms with van der Waals surface area (Å²) in [7, 11) is 0. The van der Waals surface area contributed by atoms with Gasteiger partial charge in [-0.25, -0.2) is 4.79 Å². The van der Waals surface area contributed by atoms with Crippen molar-refractivity contribution in [2.75, 3.05) is 44.4 Å². The highest BCUT2D eigenvalue weighted by Crippen LogP contribution is 2.68. The molecule has 8 rings (SSSR count). The van der Waals surface area contributed by atoms with Crippen LogP contribution in [0.5, 0.6) is 5.75 Å². The van der Waals surface area contributed by atoms with Crippen molar-refractivity contribution in [1.82, 2.24) is 9.88 Å². The second-order valence-electron chi connectivity index (χ2n) is 12.6. The molecule has 11 nitrogen and oxygen atoms in total. The van der Waals surface area contributed by atoms with Crippen molar-refractivity contribution in [3.05, 3.63) is 74.2 Å². The van der Waals surface area contributed by atoms with Crippen molar-refractivity contribution < 1.29 is 33.4 Å². The molecular formula is C34H33N3O8S2. The Morgan fingerprint density at radius 3 is 2.49 bits per heavy atom. The van der Waals surface area contributed by atoms with Crippen LogP contribution in [0.3, 0.4) is 0 Å². The van der Waals surface area contributed by atoms with E-state index in [4.69, 9.17) is 14.2 Å². The fourth-order valence-corrected chi connectivity index (χ4v) is 11.3. The van der Waals surface area contributed by atoms with Crippen LogP contribution in [0.15, 0.2) is 58.4 Å². The molecule has 2 saturated heterocycles. The van der Waals surface area contributed by atoms with Gasteiger partial charge in [0.05, 0.1) is 47.9 Å². The predicted octanol–water partition coefficient (Wildman–Crippen LogP) is 3.53. The average molecular weight is 676 g/mol. The van der Waals surface area contributed by atoms with Gasteiger partial charge >= 0.3 is 10.8 Å². The molecule has 2 aromatic carbocycles. The van der Waals surface area contributed by atoms with Gasteiger partial charge < -0.3 is 24.1 Å². The van der Waals surface area contributed by atoms with E-state index < -0.39 is 17.8 Å². The van der Waals surface area contributed by atoms with Crippen molar-refractivity contribution in [2.24, 2.45) is 29.6 Å². The number of aromatic nitrogens is 1. The van der Waals surface area contributed by atoms with Gasteiger partial charge in [-0.05, 0) is 73.1 Å². The summed E-state index contributed by atoms with van der Waals surface area (Å²) in [6.07, 6.45) is 0.769. The first-order valence-electron chi connectivity index (χ1n) is 16.0. The van der Waals surface area contributed by atoms with E-state index in [1.807, 2.05) is 24.3 Å². The van der Waals surface area contributed by atoms with Gasteiger partial charge in [-0.1, -0.05) is 23.5 Å². The summed E-state index contributed by atoms with van der Waals surface area (Å²) >= 11 is 2.83. The number of carbonyl (C=O) groups excluding carboxylic acids is 4. The lowest BCUT2D eigenvalue weighted by molar-refractivity contribution is -0.137. The van der Waals surface area contributed by atoms with Crippen LogP contribution in [0.4, 0.5) is 5.69 Å². The van der Waals surface area contributed by atoms with Gasteiger partial charge in [0, 0.05) is 29.1 Å². The maximum atomic E-state index is 14.1. The molecule has 4 fully saturated rings. The minimum atomic E-state index is -0.455. The highest BCUT2D eigenvalue weighted by atomic mass is 32.2. The summed E-state index contributed by atoms with van der Waals surface area (Å²) in [6.45, 7) is 4.03. The minimum absolute atomic E-state index is 0.0233. The van der Waals surface area contributed by atoms with Gasteiger partial charge in [-0.15, -0.1) is 11.8 Å². The number of nitrogens with one attached hydrogen (secondary N) is 1. The molecule has 5 aliphatic rings. The molecule has 13 heteroatoms. The molecule has 2 aliphatic carbocycles. The zero-order valence-electron chi connectivity index (χ0n) is 25.6. The third-order valence-corrected chi connectivity index (χ3v) is 12.9. The number of ether oxygens (including phenoxy) is 3. The smallest absolute Gasteiger partial charge is 0.338 e. The maximum Gasteiger partial charge on any atom is 0.338 e. The van der Waals surface area contributed by atoms with Crippen LogP contribution < -0.4 is 14.5 Å². The summed E-state index contributed by atoms with van der Waals surface area (Å²) in [4.78, 5) is 72.5. The Hall–Kier alpha value is -3.94. The molecule has 3 aliphatic heterocycles. The molecule has 244 valence electrons. The Kier molecular flexibility index (Phi) is 7.72. The quantitative estimate of drug-likeness (QED) is 0.295. The molecule has 3 aromatic rings. The maximum absolute atomic E-state index is 14.1. The van der Waals surface area contributed by atoms with Crippen molar-refractivity contribution in [3.8, 4) is 5.75 Å². The van der Waals surface area contributed by atoms with Gasteiger partial charge in [0.15, 0.2) is 6.61 Å². The van der Waals surface area contributed by atoms with Crippen LogP contribution in [-0.2, 0) is 23.9 Å². The normalized spacial score (nSPS) is 29.0. The number of imide groups is 1. The molecule has 1 aromatic heterocycles. The molecule has 4 unspecified atom stereocenters. The van der Waals surface area contributed by atoms with Crippen molar-refractivity contribution in [2.45, 2.75) is 29.5 Å². The van der Waals surface area contributed by atoms with E-state index in [0.717, 1.165) is 21.9 Å². The zero-order valence-corrected chi connectivity index (χ0v) is 27.2. The number of benzene rings is 2. The monoisotopic (exact) mass is 675 g/mol. The molecule has 1 N–H and O–H groups in total. The van der Waals surface area contributed by atoms with Gasteiger partial charge in [0.1, 0.15) is 5.75 Å². The Bertz CT molecular complexity index is 1820. The molecule has 47 heavy (non-hydrogen) atoms. The molecule has 4 heterocycles. The number of carbonyl (C=O) groups is 4. The summed E-state index contributed by atoms with van der Waals surface area (Å²) in [5, 5.41) is 0.867. The molecular weight excluding hydrogens is 643 g/mol. The Morgan fingerprint density at radius 1 is 1.00 bits per heavy atom. The number of thiazole rings is 1. The lowest BCUT2D eigenvalue weighted by atomic mass is 9.68. The van der Waals surface area contributed by atoms with Crippen LogP contribution in [0.1, 0.15) is 40.1 Å². The number of H-pyrrole nitrogens is 1. The first kappa shape index (κ1) is 30.4. The second-order valence-corrected chi connectivity index (χ2v) is 14.8. The first-order valence-corrected chi connectivity index (χ1v) is 17.7. The van der Waals surface area contributed by atoms with E-state index in [2.05, 4.69) is 4.98 Å². The molecule has 3 amide bonds. The second kappa shape index (κ2) is 11.9. The first-order chi connectivity index (χ1) is 22.8. The summed E-state index contributed by atoms with van der Waals surface area (Å²) in [5.74, 6) is -1.49. The highest BCUT2D eigenvalue weighted by molar-refractivity contribution is 8.00. The molecule has 7 atom stereocenters. The summed E-state index contributed by atoms with van der Waals surface area (Å²) < 4.78 is 16.4. The fraction of sp³-hybridized carbons (Fsp3) is 0.441. The molecule has 2 saturated carbocycles. The van der Waals surface area contributed by atoms with Crippen LogP contribution in [-0.4, -0.2) is 78.3 Å². The number of thioether (sulfide) groups is 1.